The monoisotopic (exact) mass is 290 g/mol. The molecule has 0 radical (unpaired) electrons. The van der Waals surface area contributed by atoms with Crippen molar-refractivity contribution >= 4 is 23.5 Å². The molecule has 3 unspecified atom stereocenters. The summed E-state index contributed by atoms with van der Waals surface area (Å²) in [6.07, 6.45) is 0.403. The number of hydrogen-bond acceptors (Lipinski definition) is 3. The third-order valence-electron chi connectivity index (χ3n) is 3.51. The van der Waals surface area contributed by atoms with E-state index in [4.69, 9.17) is 5.11 Å². The van der Waals surface area contributed by atoms with Crippen molar-refractivity contribution in [1.29, 1.82) is 0 Å². The Bertz CT molecular complexity index is 585. The van der Waals surface area contributed by atoms with Gasteiger partial charge in [-0.25, -0.2) is 0 Å². The zero-order chi connectivity index (χ0) is 15.6. The van der Waals surface area contributed by atoms with Crippen molar-refractivity contribution in [2.24, 2.45) is 11.8 Å². The molecule has 6 nitrogen and oxygen atoms in total. The molecule has 0 aliphatic heterocycles. The summed E-state index contributed by atoms with van der Waals surface area (Å²) < 4.78 is 0. The molecule has 0 aromatic heterocycles. The Kier molecular flexibility index (Phi) is 4.26. The third-order valence-corrected chi connectivity index (χ3v) is 3.51. The van der Waals surface area contributed by atoms with Crippen LogP contribution in [0.2, 0.25) is 0 Å². The fraction of sp³-hybridized carbons (Fsp3) is 0.400. The van der Waals surface area contributed by atoms with Crippen LogP contribution in [-0.2, 0) is 14.4 Å². The van der Waals surface area contributed by atoms with E-state index in [0.717, 1.165) is 5.56 Å². The summed E-state index contributed by atoms with van der Waals surface area (Å²) >= 11 is 0. The van der Waals surface area contributed by atoms with Crippen molar-refractivity contribution < 1.29 is 19.5 Å². The highest BCUT2D eigenvalue weighted by atomic mass is 16.4. The van der Waals surface area contributed by atoms with Crippen molar-refractivity contribution in [3.63, 3.8) is 0 Å². The molecule has 0 saturated heterocycles. The van der Waals surface area contributed by atoms with Gasteiger partial charge in [-0.05, 0) is 31.0 Å². The summed E-state index contributed by atoms with van der Waals surface area (Å²) in [6.45, 7) is 3.25. The predicted octanol–water partition coefficient (Wildman–Crippen LogP) is 1.54. The smallest absolute Gasteiger partial charge is 0.307 e. The Labute approximate surface area is 122 Å². The number of carbonyl (C=O) groups excluding carboxylic acids is 2. The summed E-state index contributed by atoms with van der Waals surface area (Å²) in [4.78, 5) is 33.7. The molecule has 112 valence electrons. The lowest BCUT2D eigenvalue weighted by molar-refractivity contribution is -0.140. The lowest BCUT2D eigenvalue weighted by Gasteiger charge is -2.15. The highest BCUT2D eigenvalue weighted by Gasteiger charge is 2.48. The van der Waals surface area contributed by atoms with Gasteiger partial charge in [0.2, 0.25) is 11.8 Å². The van der Waals surface area contributed by atoms with E-state index < -0.39 is 17.8 Å². The van der Waals surface area contributed by atoms with Gasteiger partial charge < -0.3 is 15.7 Å². The molecule has 1 aromatic rings. The van der Waals surface area contributed by atoms with Crippen LogP contribution in [0.15, 0.2) is 24.3 Å². The predicted molar refractivity (Wildman–Crippen MR) is 76.5 cm³/mol. The second-order valence-corrected chi connectivity index (χ2v) is 5.32. The summed E-state index contributed by atoms with van der Waals surface area (Å²) in [5.74, 6) is -2.30. The van der Waals surface area contributed by atoms with Crippen LogP contribution < -0.4 is 10.6 Å². The van der Waals surface area contributed by atoms with Gasteiger partial charge in [-0.2, -0.15) is 0 Å². The Morgan fingerprint density at radius 2 is 2.00 bits per heavy atom. The Hall–Kier alpha value is -2.37. The molecule has 3 atom stereocenters. The zero-order valence-electron chi connectivity index (χ0n) is 11.9. The van der Waals surface area contributed by atoms with Crippen LogP contribution in [0, 0.1) is 11.8 Å². The van der Waals surface area contributed by atoms with Crippen LogP contribution in [0.4, 0.5) is 5.69 Å². The Morgan fingerprint density at radius 3 is 2.57 bits per heavy atom. The molecule has 0 bridgehead atoms. The molecular formula is C15H18N2O4. The molecule has 1 fully saturated rings. The molecule has 0 spiro atoms. The first-order valence-electron chi connectivity index (χ1n) is 6.79. The summed E-state index contributed by atoms with van der Waals surface area (Å²) in [6, 6.07) is 6.94. The van der Waals surface area contributed by atoms with Gasteiger partial charge in [-0.15, -0.1) is 0 Å². The van der Waals surface area contributed by atoms with E-state index in [1.807, 2.05) is 13.0 Å². The molecule has 21 heavy (non-hydrogen) atoms. The molecule has 3 N–H and O–H groups in total. The molecule has 1 aromatic carbocycles. The number of nitrogens with one attached hydrogen (secondary N) is 2. The van der Waals surface area contributed by atoms with Gasteiger partial charge in [-0.3, -0.25) is 14.4 Å². The molecule has 0 heterocycles. The minimum atomic E-state index is -0.921. The quantitative estimate of drug-likeness (QED) is 0.766. The zero-order valence-corrected chi connectivity index (χ0v) is 11.9. The van der Waals surface area contributed by atoms with Crippen molar-refractivity contribution in [2.75, 3.05) is 5.32 Å². The molecule has 1 aliphatic carbocycles. The fourth-order valence-corrected chi connectivity index (χ4v) is 2.25. The number of carboxylic acid groups (broad SMARTS) is 1. The van der Waals surface area contributed by atoms with Crippen LogP contribution >= 0.6 is 0 Å². The maximum absolute atomic E-state index is 11.9. The van der Waals surface area contributed by atoms with E-state index in [1.54, 1.807) is 18.2 Å². The van der Waals surface area contributed by atoms with Crippen molar-refractivity contribution in [3.05, 3.63) is 29.8 Å². The van der Waals surface area contributed by atoms with Gasteiger partial charge in [0.15, 0.2) is 0 Å². The first-order chi connectivity index (χ1) is 9.88. The summed E-state index contributed by atoms with van der Waals surface area (Å²) in [5.41, 5.74) is 1.51. The van der Waals surface area contributed by atoms with Crippen molar-refractivity contribution in [3.8, 4) is 0 Å². The minimum Gasteiger partial charge on any atom is -0.481 e. The van der Waals surface area contributed by atoms with Crippen LogP contribution in [0.3, 0.4) is 0 Å². The van der Waals surface area contributed by atoms with Gasteiger partial charge in [0.25, 0.3) is 0 Å². The van der Waals surface area contributed by atoms with E-state index in [-0.39, 0.29) is 17.9 Å². The van der Waals surface area contributed by atoms with E-state index in [1.165, 1.54) is 6.92 Å². The maximum atomic E-state index is 11.9. The average Bonchev–Trinajstić information content (AvgIpc) is 3.18. The Balaban J connectivity index is 1.97. The molecular weight excluding hydrogens is 272 g/mol. The summed E-state index contributed by atoms with van der Waals surface area (Å²) in [5, 5.41) is 14.3. The molecule has 1 saturated carbocycles. The highest BCUT2D eigenvalue weighted by Crippen LogP contribution is 2.39. The van der Waals surface area contributed by atoms with Crippen LogP contribution in [-0.4, -0.2) is 22.9 Å². The number of benzene rings is 1. The van der Waals surface area contributed by atoms with Crippen molar-refractivity contribution in [2.45, 2.75) is 26.3 Å². The minimum absolute atomic E-state index is 0.161. The van der Waals surface area contributed by atoms with Gasteiger partial charge in [0, 0.05) is 12.6 Å². The number of aliphatic carboxylic acids is 1. The standard InChI is InChI=1S/C15H18N2O4/c1-8(16-14(19)12-7-13(12)15(20)21)10-4-3-5-11(6-10)17-9(2)18/h3-6,8,12-13H,7H2,1-2H3,(H,16,19)(H,17,18)(H,20,21). The van der Waals surface area contributed by atoms with E-state index in [0.29, 0.717) is 12.1 Å². The van der Waals surface area contributed by atoms with E-state index in [9.17, 15) is 14.4 Å². The maximum Gasteiger partial charge on any atom is 0.307 e. The lowest BCUT2D eigenvalue weighted by atomic mass is 10.1. The van der Waals surface area contributed by atoms with Gasteiger partial charge in [-0.1, -0.05) is 12.1 Å². The normalized spacial score (nSPS) is 21.2. The van der Waals surface area contributed by atoms with Crippen molar-refractivity contribution in [1.82, 2.24) is 5.32 Å². The van der Waals surface area contributed by atoms with Gasteiger partial charge in [0.1, 0.15) is 0 Å². The number of amides is 2. The Morgan fingerprint density at radius 1 is 1.29 bits per heavy atom. The molecule has 6 heteroatoms. The molecule has 1 aliphatic rings. The average molecular weight is 290 g/mol. The van der Waals surface area contributed by atoms with Gasteiger partial charge >= 0.3 is 5.97 Å². The largest absolute Gasteiger partial charge is 0.481 e. The van der Waals surface area contributed by atoms with Crippen LogP contribution in [0.25, 0.3) is 0 Å². The highest BCUT2D eigenvalue weighted by molar-refractivity contribution is 5.90. The number of anilines is 1. The fourth-order valence-electron chi connectivity index (χ4n) is 2.25. The third kappa shape index (κ3) is 3.81. The first-order valence-corrected chi connectivity index (χ1v) is 6.79. The lowest BCUT2D eigenvalue weighted by Crippen LogP contribution is -2.29. The number of hydrogen-bond donors (Lipinski definition) is 3. The second-order valence-electron chi connectivity index (χ2n) is 5.32. The first kappa shape index (κ1) is 15.0. The molecule has 2 rings (SSSR count). The van der Waals surface area contributed by atoms with E-state index in [2.05, 4.69) is 10.6 Å². The summed E-state index contributed by atoms with van der Waals surface area (Å²) in [7, 11) is 0. The molecule has 2 amide bonds. The second kappa shape index (κ2) is 5.95. The SMILES string of the molecule is CC(=O)Nc1cccc(C(C)NC(=O)C2CC2C(=O)O)c1. The number of carboxylic acids is 1. The van der Waals surface area contributed by atoms with Crippen LogP contribution in [0.1, 0.15) is 31.9 Å². The number of rotatable bonds is 5. The van der Waals surface area contributed by atoms with E-state index >= 15 is 0 Å². The topological polar surface area (TPSA) is 95.5 Å². The number of carbonyl (C=O) groups is 3. The van der Waals surface area contributed by atoms with Gasteiger partial charge in [0.05, 0.1) is 17.9 Å². The van der Waals surface area contributed by atoms with Crippen LogP contribution in [0.5, 0.6) is 0 Å².